The molecular weight excluding hydrogens is 348 g/mol. The molecule has 0 bridgehead atoms. The van der Waals surface area contributed by atoms with Crippen molar-refractivity contribution in [2.75, 3.05) is 0 Å². The molecule has 0 radical (unpaired) electrons. The van der Waals surface area contributed by atoms with Crippen LogP contribution in [-0.4, -0.2) is 0 Å². The van der Waals surface area contributed by atoms with Gasteiger partial charge in [-0.25, -0.2) is 0 Å². The average molecular weight is 375 g/mol. The fourth-order valence-electron chi connectivity index (χ4n) is 5.11. The topological polar surface area (TPSA) is 0 Å². The molecule has 0 unspecified atom stereocenters. The lowest BCUT2D eigenvalue weighted by atomic mass is 9.67. The van der Waals surface area contributed by atoms with Gasteiger partial charge in [0.2, 0.25) is 0 Å². The summed E-state index contributed by atoms with van der Waals surface area (Å²) in [5.74, 6) is 0. The van der Waals surface area contributed by atoms with Crippen LogP contribution < -0.4 is 0 Å². The van der Waals surface area contributed by atoms with Gasteiger partial charge in [-0.2, -0.15) is 0 Å². The first-order chi connectivity index (χ1) is 14.0. The maximum atomic E-state index is 2.36. The second kappa shape index (κ2) is 6.46. The summed E-state index contributed by atoms with van der Waals surface area (Å²) in [6.07, 6.45) is 0. The summed E-state index contributed by atoms with van der Waals surface area (Å²) in [5, 5.41) is 0. The van der Waals surface area contributed by atoms with Gasteiger partial charge in [-0.3, -0.25) is 0 Å². The third kappa shape index (κ3) is 2.59. The van der Waals surface area contributed by atoms with E-state index in [9.17, 15) is 0 Å². The van der Waals surface area contributed by atoms with Gasteiger partial charge in [0.05, 0.1) is 5.41 Å². The Bertz CT molecular complexity index is 1140. The molecule has 0 amide bonds. The summed E-state index contributed by atoms with van der Waals surface area (Å²) >= 11 is 0. The molecule has 29 heavy (non-hydrogen) atoms. The second-order valence-electron chi connectivity index (χ2n) is 8.59. The number of hydrogen-bond donors (Lipinski definition) is 0. The van der Waals surface area contributed by atoms with Crippen molar-refractivity contribution in [1.29, 1.82) is 0 Å². The van der Waals surface area contributed by atoms with Crippen molar-refractivity contribution in [2.24, 2.45) is 0 Å². The van der Waals surface area contributed by atoms with Crippen LogP contribution in [0.1, 0.15) is 44.5 Å². The highest BCUT2D eigenvalue weighted by molar-refractivity contribution is 5.87. The molecule has 0 saturated carbocycles. The lowest BCUT2D eigenvalue weighted by molar-refractivity contribution is 0.765. The van der Waals surface area contributed by atoms with Crippen LogP contribution in [0.5, 0.6) is 0 Å². The molecule has 0 N–H and O–H groups in total. The highest BCUT2D eigenvalue weighted by Crippen LogP contribution is 2.56. The Hall–Kier alpha value is -3.12. The van der Waals surface area contributed by atoms with Crippen molar-refractivity contribution < 1.29 is 0 Å². The Morgan fingerprint density at radius 3 is 1.28 bits per heavy atom. The molecule has 0 aromatic heterocycles. The van der Waals surface area contributed by atoms with Crippen LogP contribution >= 0.6 is 0 Å². The lowest BCUT2D eigenvalue weighted by Gasteiger charge is -2.34. The quantitative estimate of drug-likeness (QED) is 0.304. The molecule has 142 valence electrons. The normalized spacial score (nSPS) is 13.8. The number of benzene rings is 4. The maximum Gasteiger partial charge on any atom is 0.0713 e. The first kappa shape index (κ1) is 17.9. The van der Waals surface area contributed by atoms with E-state index in [-0.39, 0.29) is 5.41 Å². The Labute approximate surface area is 173 Å². The van der Waals surface area contributed by atoms with E-state index < -0.39 is 0 Å². The summed E-state index contributed by atoms with van der Waals surface area (Å²) < 4.78 is 0. The Balaban J connectivity index is 1.99. The molecular formula is C29H26. The van der Waals surface area contributed by atoms with Crippen LogP contribution in [0.3, 0.4) is 0 Å². The van der Waals surface area contributed by atoms with Gasteiger partial charge < -0.3 is 0 Å². The molecule has 0 spiro atoms. The number of aryl methyl sites for hydroxylation is 4. The van der Waals surface area contributed by atoms with Crippen molar-refractivity contribution in [3.8, 4) is 11.1 Å². The molecule has 1 aliphatic rings. The minimum atomic E-state index is -0.288. The van der Waals surface area contributed by atoms with Gasteiger partial charge in [0.1, 0.15) is 0 Å². The van der Waals surface area contributed by atoms with E-state index in [2.05, 4.69) is 113 Å². The molecule has 0 fully saturated rings. The summed E-state index contributed by atoms with van der Waals surface area (Å²) in [6, 6.07) is 32.0. The van der Waals surface area contributed by atoms with Gasteiger partial charge in [0.15, 0.2) is 0 Å². The highest BCUT2D eigenvalue weighted by atomic mass is 14.5. The summed E-state index contributed by atoms with van der Waals surface area (Å²) in [4.78, 5) is 0. The molecule has 0 aliphatic heterocycles. The zero-order valence-corrected chi connectivity index (χ0v) is 17.6. The van der Waals surface area contributed by atoms with Crippen LogP contribution in [0.15, 0.2) is 84.9 Å². The zero-order valence-electron chi connectivity index (χ0n) is 17.6. The third-order valence-corrected chi connectivity index (χ3v) is 6.35. The highest BCUT2D eigenvalue weighted by Gasteiger charge is 2.46. The summed E-state index contributed by atoms with van der Waals surface area (Å²) in [6.45, 7) is 8.76. The van der Waals surface area contributed by atoms with Gasteiger partial charge in [-0.1, -0.05) is 107 Å². The van der Waals surface area contributed by atoms with Gasteiger partial charge in [0, 0.05) is 0 Å². The predicted molar refractivity (Wildman–Crippen MR) is 123 cm³/mol. The Morgan fingerprint density at radius 2 is 0.862 bits per heavy atom. The molecule has 0 nitrogen and oxygen atoms in total. The Kier molecular flexibility index (Phi) is 3.99. The van der Waals surface area contributed by atoms with Crippen LogP contribution in [0, 0.1) is 27.7 Å². The molecule has 5 rings (SSSR count). The lowest BCUT2D eigenvalue weighted by Crippen LogP contribution is -2.28. The molecule has 0 heterocycles. The first-order valence-electron chi connectivity index (χ1n) is 10.4. The standard InChI is InChI=1S/C29H26/c1-19-7-5-9-23(15-19)29(24-10-6-8-20(2)16-24)27-13-11-21(3)17-25(27)26-18-22(4)12-14-28(26)29/h5-18H,1-4H3. The van der Waals surface area contributed by atoms with Crippen LogP contribution in [0.25, 0.3) is 11.1 Å². The predicted octanol–water partition coefficient (Wildman–Crippen LogP) is 7.28. The fourth-order valence-corrected chi connectivity index (χ4v) is 5.11. The minimum absolute atomic E-state index is 0.288. The van der Waals surface area contributed by atoms with E-state index >= 15 is 0 Å². The molecule has 0 saturated heterocycles. The molecule has 4 aromatic carbocycles. The molecule has 0 heteroatoms. The SMILES string of the molecule is Cc1cccc(C2(c3cccc(C)c3)c3ccc(C)cc3-c3cc(C)ccc32)c1. The summed E-state index contributed by atoms with van der Waals surface area (Å²) in [5.41, 5.74) is 13.1. The number of fused-ring (bicyclic) bond motifs is 3. The number of rotatable bonds is 2. The van der Waals surface area contributed by atoms with Crippen LogP contribution in [-0.2, 0) is 5.41 Å². The first-order valence-corrected chi connectivity index (χ1v) is 10.4. The van der Waals surface area contributed by atoms with E-state index in [0.29, 0.717) is 0 Å². The third-order valence-electron chi connectivity index (χ3n) is 6.35. The van der Waals surface area contributed by atoms with E-state index in [1.54, 1.807) is 0 Å². The van der Waals surface area contributed by atoms with E-state index in [0.717, 1.165) is 0 Å². The summed E-state index contributed by atoms with van der Waals surface area (Å²) in [7, 11) is 0. The van der Waals surface area contributed by atoms with Crippen molar-refractivity contribution in [3.05, 3.63) is 129 Å². The largest absolute Gasteiger partial charge is 0.0713 e. The van der Waals surface area contributed by atoms with Gasteiger partial charge in [-0.15, -0.1) is 0 Å². The van der Waals surface area contributed by atoms with Crippen molar-refractivity contribution in [1.82, 2.24) is 0 Å². The molecule has 1 aliphatic carbocycles. The van der Waals surface area contributed by atoms with Crippen molar-refractivity contribution in [2.45, 2.75) is 33.1 Å². The minimum Gasteiger partial charge on any atom is -0.0617 e. The van der Waals surface area contributed by atoms with E-state index in [4.69, 9.17) is 0 Å². The monoisotopic (exact) mass is 374 g/mol. The van der Waals surface area contributed by atoms with Gasteiger partial charge >= 0.3 is 0 Å². The van der Waals surface area contributed by atoms with Crippen molar-refractivity contribution in [3.63, 3.8) is 0 Å². The molecule has 4 aromatic rings. The molecule has 0 atom stereocenters. The number of hydrogen-bond acceptors (Lipinski definition) is 0. The van der Waals surface area contributed by atoms with Crippen LogP contribution in [0.4, 0.5) is 0 Å². The van der Waals surface area contributed by atoms with E-state index in [1.807, 2.05) is 0 Å². The zero-order chi connectivity index (χ0) is 20.2. The smallest absolute Gasteiger partial charge is 0.0617 e. The van der Waals surface area contributed by atoms with Gasteiger partial charge in [-0.05, 0) is 61.1 Å². The van der Waals surface area contributed by atoms with E-state index in [1.165, 1.54) is 55.6 Å². The second-order valence-corrected chi connectivity index (χ2v) is 8.59. The van der Waals surface area contributed by atoms with Gasteiger partial charge in [0.25, 0.3) is 0 Å². The van der Waals surface area contributed by atoms with Crippen LogP contribution in [0.2, 0.25) is 0 Å². The maximum absolute atomic E-state index is 2.36. The van der Waals surface area contributed by atoms with Crippen molar-refractivity contribution >= 4 is 0 Å². The Morgan fingerprint density at radius 1 is 0.448 bits per heavy atom. The average Bonchev–Trinajstić information content (AvgIpc) is 2.98. The fraction of sp³-hybridized carbons (Fsp3) is 0.172.